The van der Waals surface area contributed by atoms with Gasteiger partial charge in [0.2, 0.25) is 5.95 Å². The number of rotatable bonds is 4. The van der Waals surface area contributed by atoms with Crippen LogP contribution in [0.3, 0.4) is 0 Å². The summed E-state index contributed by atoms with van der Waals surface area (Å²) in [5, 5.41) is 2.48. The molecule has 0 saturated carbocycles. The van der Waals surface area contributed by atoms with Gasteiger partial charge in [0, 0.05) is 26.0 Å². The monoisotopic (exact) mass is 196 g/mol. The van der Waals surface area contributed by atoms with Crippen LogP contribution in [0.25, 0.3) is 0 Å². The first-order chi connectivity index (χ1) is 6.77. The third-order valence-electron chi connectivity index (χ3n) is 1.59. The summed E-state index contributed by atoms with van der Waals surface area (Å²) in [7, 11) is 1.42. The number of amides is 1. The molecule has 0 aliphatic carbocycles. The molecule has 1 heterocycles. The lowest BCUT2D eigenvalue weighted by Crippen LogP contribution is -2.36. The van der Waals surface area contributed by atoms with E-state index in [0.29, 0.717) is 0 Å². The van der Waals surface area contributed by atoms with Gasteiger partial charge < -0.3 is 10.5 Å². The number of hydrogen-bond acceptors (Lipinski definition) is 5. The molecule has 3 N–H and O–H groups in total. The summed E-state index contributed by atoms with van der Waals surface area (Å²) in [6.07, 6.45) is 2.40. The third kappa shape index (κ3) is 2.75. The minimum Gasteiger partial charge on any atom is -0.370 e. The van der Waals surface area contributed by atoms with Crippen LogP contribution in [0, 0.1) is 0 Å². The molecule has 0 aromatic carbocycles. The first kappa shape index (κ1) is 10.6. The molecular weight excluding hydrogens is 184 g/mol. The maximum atomic E-state index is 11.4. The smallest absolute Gasteiger partial charge is 0.257 e. The summed E-state index contributed by atoms with van der Waals surface area (Å²) in [5.74, 6) is -0.103. The van der Waals surface area contributed by atoms with E-state index in [-0.39, 0.29) is 18.4 Å². The van der Waals surface area contributed by atoms with Crippen LogP contribution in [0.15, 0.2) is 18.5 Å². The van der Waals surface area contributed by atoms with Crippen LogP contribution < -0.4 is 11.1 Å². The molecule has 6 heteroatoms. The molecule has 1 rings (SSSR count). The second kappa shape index (κ2) is 5.25. The number of anilines is 1. The van der Waals surface area contributed by atoms with E-state index < -0.39 is 6.10 Å². The first-order valence-electron chi connectivity index (χ1n) is 4.08. The maximum absolute atomic E-state index is 11.4. The molecule has 1 atom stereocenters. The largest absolute Gasteiger partial charge is 0.370 e. The van der Waals surface area contributed by atoms with Crippen molar-refractivity contribution in [2.75, 3.05) is 19.0 Å². The van der Waals surface area contributed by atoms with Crippen LogP contribution in [0.2, 0.25) is 0 Å². The van der Waals surface area contributed by atoms with Crippen LogP contribution in [0.4, 0.5) is 5.95 Å². The normalized spacial score (nSPS) is 12.1. The average molecular weight is 196 g/mol. The molecule has 1 aromatic heterocycles. The van der Waals surface area contributed by atoms with Gasteiger partial charge in [0.15, 0.2) is 0 Å². The van der Waals surface area contributed by atoms with Gasteiger partial charge in [0.05, 0.1) is 0 Å². The highest BCUT2D eigenvalue weighted by Crippen LogP contribution is 1.97. The zero-order chi connectivity index (χ0) is 10.4. The van der Waals surface area contributed by atoms with E-state index >= 15 is 0 Å². The Balaban J connectivity index is 2.57. The van der Waals surface area contributed by atoms with Gasteiger partial charge in [-0.2, -0.15) is 0 Å². The molecule has 1 unspecified atom stereocenters. The number of methoxy groups -OCH3 is 1. The number of carbonyl (C=O) groups is 1. The number of nitrogens with zero attached hydrogens (tertiary/aromatic N) is 2. The summed E-state index contributed by atoms with van der Waals surface area (Å²) >= 11 is 0. The average Bonchev–Trinajstić information content (AvgIpc) is 2.21. The summed E-state index contributed by atoms with van der Waals surface area (Å²) in [5.41, 5.74) is 5.31. The summed E-state index contributed by atoms with van der Waals surface area (Å²) in [6, 6.07) is 1.66. The fourth-order valence-corrected chi connectivity index (χ4v) is 0.865. The maximum Gasteiger partial charge on any atom is 0.257 e. The lowest BCUT2D eigenvalue weighted by molar-refractivity contribution is -0.125. The molecular formula is C8H12N4O2. The standard InChI is InChI=1S/C8H12N4O2/c1-14-6(5-9)7(13)12-8-10-3-2-4-11-8/h2-4,6H,5,9H2,1H3,(H,10,11,12,13). The van der Waals surface area contributed by atoms with Gasteiger partial charge in [0.1, 0.15) is 6.10 Å². The van der Waals surface area contributed by atoms with Gasteiger partial charge in [-0.15, -0.1) is 0 Å². The Labute approximate surface area is 81.5 Å². The van der Waals surface area contributed by atoms with E-state index in [0.717, 1.165) is 0 Å². The lowest BCUT2D eigenvalue weighted by atomic mass is 10.3. The number of nitrogens with one attached hydrogen (secondary N) is 1. The third-order valence-corrected chi connectivity index (χ3v) is 1.59. The Morgan fingerprint density at radius 1 is 1.64 bits per heavy atom. The molecule has 1 amide bonds. The minimum atomic E-state index is -0.668. The second-order valence-corrected chi connectivity index (χ2v) is 2.52. The molecule has 0 spiro atoms. The number of ether oxygens (including phenoxy) is 1. The summed E-state index contributed by atoms with van der Waals surface area (Å²) < 4.78 is 4.84. The number of nitrogens with two attached hydrogens (primary N) is 1. The lowest BCUT2D eigenvalue weighted by Gasteiger charge is -2.11. The Kier molecular flexibility index (Phi) is 3.96. The zero-order valence-corrected chi connectivity index (χ0v) is 7.80. The number of carbonyl (C=O) groups excluding carboxylic acids is 1. The van der Waals surface area contributed by atoms with E-state index in [1.54, 1.807) is 6.07 Å². The van der Waals surface area contributed by atoms with Gasteiger partial charge in [-0.3, -0.25) is 10.1 Å². The molecule has 0 radical (unpaired) electrons. The van der Waals surface area contributed by atoms with E-state index in [9.17, 15) is 4.79 Å². The van der Waals surface area contributed by atoms with Crippen molar-refractivity contribution in [1.29, 1.82) is 0 Å². The van der Waals surface area contributed by atoms with Gasteiger partial charge in [-0.05, 0) is 6.07 Å². The minimum absolute atomic E-state index is 0.120. The van der Waals surface area contributed by atoms with Crippen molar-refractivity contribution in [1.82, 2.24) is 9.97 Å². The van der Waals surface area contributed by atoms with Gasteiger partial charge in [-0.25, -0.2) is 9.97 Å². The highest BCUT2D eigenvalue weighted by molar-refractivity contribution is 5.92. The van der Waals surface area contributed by atoms with Crippen molar-refractivity contribution in [3.05, 3.63) is 18.5 Å². The molecule has 1 aromatic rings. The molecule has 0 bridgehead atoms. The van der Waals surface area contributed by atoms with Crippen LogP contribution in [0.1, 0.15) is 0 Å². The Hall–Kier alpha value is -1.53. The Morgan fingerprint density at radius 3 is 2.79 bits per heavy atom. The van der Waals surface area contributed by atoms with Crippen LogP contribution in [-0.4, -0.2) is 35.6 Å². The quantitative estimate of drug-likeness (QED) is 0.670. The second-order valence-electron chi connectivity index (χ2n) is 2.52. The predicted molar refractivity (Wildman–Crippen MR) is 50.5 cm³/mol. The van der Waals surface area contributed by atoms with Crippen molar-refractivity contribution < 1.29 is 9.53 Å². The molecule has 14 heavy (non-hydrogen) atoms. The van der Waals surface area contributed by atoms with E-state index in [1.807, 2.05) is 0 Å². The number of aromatic nitrogens is 2. The van der Waals surface area contributed by atoms with Crippen LogP contribution in [-0.2, 0) is 9.53 Å². The zero-order valence-electron chi connectivity index (χ0n) is 7.80. The van der Waals surface area contributed by atoms with Crippen molar-refractivity contribution in [3.63, 3.8) is 0 Å². The molecule has 0 aliphatic rings. The van der Waals surface area contributed by atoms with E-state index in [2.05, 4.69) is 15.3 Å². The Bertz CT molecular complexity index is 287. The molecule has 0 fully saturated rings. The van der Waals surface area contributed by atoms with Crippen molar-refractivity contribution in [2.24, 2.45) is 5.73 Å². The number of hydrogen-bond donors (Lipinski definition) is 2. The van der Waals surface area contributed by atoms with Gasteiger partial charge >= 0.3 is 0 Å². The molecule has 0 aliphatic heterocycles. The topological polar surface area (TPSA) is 90.1 Å². The molecule has 0 saturated heterocycles. The van der Waals surface area contributed by atoms with Gasteiger partial charge in [-0.1, -0.05) is 0 Å². The van der Waals surface area contributed by atoms with E-state index in [1.165, 1.54) is 19.5 Å². The fraction of sp³-hybridized carbons (Fsp3) is 0.375. The highest BCUT2D eigenvalue weighted by Gasteiger charge is 2.16. The first-order valence-corrected chi connectivity index (χ1v) is 4.08. The highest BCUT2D eigenvalue weighted by atomic mass is 16.5. The van der Waals surface area contributed by atoms with Crippen LogP contribution >= 0.6 is 0 Å². The van der Waals surface area contributed by atoms with Crippen LogP contribution in [0.5, 0.6) is 0 Å². The Morgan fingerprint density at radius 2 is 2.29 bits per heavy atom. The summed E-state index contributed by atoms with van der Waals surface area (Å²) in [6.45, 7) is 0.120. The van der Waals surface area contributed by atoms with Gasteiger partial charge in [0.25, 0.3) is 5.91 Å². The van der Waals surface area contributed by atoms with E-state index in [4.69, 9.17) is 10.5 Å². The van der Waals surface area contributed by atoms with Crippen molar-refractivity contribution >= 4 is 11.9 Å². The fourth-order valence-electron chi connectivity index (χ4n) is 0.865. The molecule has 6 nitrogen and oxygen atoms in total. The SMILES string of the molecule is COC(CN)C(=O)Nc1ncccn1. The summed E-state index contributed by atoms with van der Waals surface area (Å²) in [4.78, 5) is 19.0. The van der Waals surface area contributed by atoms with Crippen molar-refractivity contribution in [2.45, 2.75) is 6.10 Å². The molecule has 76 valence electrons. The predicted octanol–water partition coefficient (Wildman–Crippen LogP) is -0.611. The van der Waals surface area contributed by atoms with Crippen molar-refractivity contribution in [3.8, 4) is 0 Å².